The highest BCUT2D eigenvalue weighted by molar-refractivity contribution is 7.89. The largest absolute Gasteiger partial charge is 0.492 e. The zero-order valence-electron chi connectivity index (χ0n) is 7.95. The van der Waals surface area contributed by atoms with Crippen LogP contribution in [0.4, 0.5) is 13.2 Å². The third-order valence-corrected chi connectivity index (χ3v) is 2.53. The Labute approximate surface area is 89.1 Å². The fraction of sp³-hybridized carbons (Fsp3) is 0.286. The zero-order valence-corrected chi connectivity index (χ0v) is 8.76. The van der Waals surface area contributed by atoms with E-state index in [-0.39, 0.29) is 0 Å². The predicted molar refractivity (Wildman–Crippen MR) is 47.1 cm³/mol. The maximum Gasteiger partial charge on any atom is 0.266 e. The molecule has 1 aromatic rings. The molecule has 1 rings (SSSR count). The van der Waals surface area contributed by atoms with Crippen LogP contribution in [0.15, 0.2) is 11.1 Å². The van der Waals surface area contributed by atoms with Crippen molar-refractivity contribution >= 4 is 10.0 Å². The van der Waals surface area contributed by atoms with Crippen LogP contribution in [0.2, 0.25) is 0 Å². The SMILES string of the molecule is COc1cc(C(F)F)c(S(N)(=O)=O)nc1F. The number of alkyl halides is 2. The van der Waals surface area contributed by atoms with Gasteiger partial charge in [-0.15, -0.1) is 0 Å². The Morgan fingerprint density at radius 2 is 2.06 bits per heavy atom. The first-order valence-electron chi connectivity index (χ1n) is 3.82. The van der Waals surface area contributed by atoms with Gasteiger partial charge in [0.2, 0.25) is 0 Å². The molecular weight excluding hydrogens is 249 g/mol. The number of primary sulfonamides is 1. The van der Waals surface area contributed by atoms with Crippen molar-refractivity contribution in [1.82, 2.24) is 4.98 Å². The van der Waals surface area contributed by atoms with Crippen LogP contribution in [0.25, 0.3) is 0 Å². The van der Waals surface area contributed by atoms with Gasteiger partial charge in [-0.3, -0.25) is 0 Å². The van der Waals surface area contributed by atoms with Crippen molar-refractivity contribution in [3.8, 4) is 5.75 Å². The molecular formula is C7H7F3N2O3S. The van der Waals surface area contributed by atoms with Crippen LogP contribution in [0.3, 0.4) is 0 Å². The highest BCUT2D eigenvalue weighted by Crippen LogP contribution is 2.29. The number of nitrogens with two attached hydrogens (primary N) is 1. The minimum absolute atomic E-state index is 0.548. The van der Waals surface area contributed by atoms with Crippen LogP contribution in [-0.2, 0) is 10.0 Å². The van der Waals surface area contributed by atoms with Gasteiger partial charge in [0.1, 0.15) is 0 Å². The molecule has 0 saturated heterocycles. The van der Waals surface area contributed by atoms with Crippen molar-refractivity contribution in [2.24, 2.45) is 5.14 Å². The van der Waals surface area contributed by atoms with Crippen molar-refractivity contribution < 1.29 is 26.3 Å². The molecule has 0 aromatic carbocycles. The van der Waals surface area contributed by atoms with E-state index in [9.17, 15) is 21.6 Å². The average Bonchev–Trinajstić information content (AvgIpc) is 2.15. The zero-order chi connectivity index (χ0) is 12.5. The first kappa shape index (κ1) is 12.7. The van der Waals surface area contributed by atoms with Gasteiger partial charge in [0.15, 0.2) is 10.8 Å². The van der Waals surface area contributed by atoms with Gasteiger partial charge in [-0.25, -0.2) is 27.3 Å². The van der Waals surface area contributed by atoms with E-state index in [0.29, 0.717) is 6.07 Å². The number of methoxy groups -OCH3 is 1. The molecule has 16 heavy (non-hydrogen) atoms. The fourth-order valence-electron chi connectivity index (χ4n) is 0.999. The van der Waals surface area contributed by atoms with E-state index < -0.39 is 38.7 Å². The summed E-state index contributed by atoms with van der Waals surface area (Å²) in [5.74, 6) is -1.90. The molecule has 0 aliphatic rings. The topological polar surface area (TPSA) is 82.3 Å². The molecule has 0 unspecified atom stereocenters. The maximum atomic E-state index is 13.0. The summed E-state index contributed by atoms with van der Waals surface area (Å²) < 4.78 is 64.1. The molecule has 5 nitrogen and oxygen atoms in total. The molecule has 0 aliphatic heterocycles. The number of hydrogen-bond acceptors (Lipinski definition) is 4. The molecule has 0 aliphatic carbocycles. The van der Waals surface area contributed by atoms with Gasteiger partial charge in [0.05, 0.1) is 12.7 Å². The number of sulfonamides is 1. The second-order valence-corrected chi connectivity index (χ2v) is 4.20. The molecule has 1 heterocycles. The monoisotopic (exact) mass is 256 g/mol. The van der Waals surface area contributed by atoms with Gasteiger partial charge >= 0.3 is 0 Å². The molecule has 0 radical (unpaired) electrons. The summed E-state index contributed by atoms with van der Waals surface area (Å²) in [6, 6.07) is 0.548. The van der Waals surface area contributed by atoms with E-state index in [2.05, 4.69) is 14.9 Å². The number of halogens is 3. The van der Waals surface area contributed by atoms with Crippen LogP contribution in [-0.4, -0.2) is 20.5 Å². The fourth-order valence-corrected chi connectivity index (χ4v) is 1.68. The summed E-state index contributed by atoms with van der Waals surface area (Å²) >= 11 is 0. The summed E-state index contributed by atoms with van der Waals surface area (Å²) in [6.07, 6.45) is -3.16. The molecule has 2 N–H and O–H groups in total. The Hall–Kier alpha value is -1.35. The van der Waals surface area contributed by atoms with Crippen molar-refractivity contribution in [3.05, 3.63) is 17.6 Å². The molecule has 9 heteroatoms. The van der Waals surface area contributed by atoms with Gasteiger partial charge in [0, 0.05) is 0 Å². The lowest BCUT2D eigenvalue weighted by Crippen LogP contribution is -2.18. The molecule has 0 atom stereocenters. The first-order valence-corrected chi connectivity index (χ1v) is 5.37. The van der Waals surface area contributed by atoms with Gasteiger partial charge in [-0.1, -0.05) is 0 Å². The van der Waals surface area contributed by atoms with Crippen molar-refractivity contribution in [2.75, 3.05) is 7.11 Å². The quantitative estimate of drug-likeness (QED) is 0.811. The van der Waals surface area contributed by atoms with Crippen molar-refractivity contribution in [3.63, 3.8) is 0 Å². The Morgan fingerprint density at radius 1 is 1.50 bits per heavy atom. The lowest BCUT2D eigenvalue weighted by Gasteiger charge is -2.08. The Morgan fingerprint density at radius 3 is 2.44 bits per heavy atom. The number of ether oxygens (including phenoxy) is 1. The van der Waals surface area contributed by atoms with Gasteiger partial charge in [0.25, 0.3) is 22.4 Å². The van der Waals surface area contributed by atoms with E-state index in [4.69, 9.17) is 0 Å². The van der Waals surface area contributed by atoms with Crippen LogP contribution in [0, 0.1) is 5.95 Å². The van der Waals surface area contributed by atoms with Crippen LogP contribution >= 0.6 is 0 Å². The number of nitrogens with zero attached hydrogens (tertiary/aromatic N) is 1. The van der Waals surface area contributed by atoms with E-state index in [1.165, 1.54) is 0 Å². The van der Waals surface area contributed by atoms with Gasteiger partial charge in [-0.05, 0) is 6.07 Å². The van der Waals surface area contributed by atoms with Crippen LogP contribution in [0.5, 0.6) is 5.75 Å². The minimum atomic E-state index is -4.51. The second-order valence-electron chi connectivity index (χ2n) is 2.72. The lowest BCUT2D eigenvalue weighted by molar-refractivity contribution is 0.146. The number of hydrogen-bond donors (Lipinski definition) is 1. The summed E-state index contributed by atoms with van der Waals surface area (Å²) in [6.45, 7) is 0. The normalized spacial score (nSPS) is 11.9. The smallest absolute Gasteiger partial charge is 0.266 e. The minimum Gasteiger partial charge on any atom is -0.492 e. The molecule has 1 aromatic heterocycles. The number of rotatable bonds is 3. The average molecular weight is 256 g/mol. The molecule has 0 saturated carbocycles. The van der Waals surface area contributed by atoms with E-state index in [1.54, 1.807) is 0 Å². The van der Waals surface area contributed by atoms with Gasteiger partial charge in [-0.2, -0.15) is 4.39 Å². The lowest BCUT2D eigenvalue weighted by atomic mass is 10.3. The van der Waals surface area contributed by atoms with Gasteiger partial charge < -0.3 is 4.74 Å². The predicted octanol–water partition coefficient (Wildman–Crippen LogP) is 0.814. The standard InChI is InChI=1S/C7H7F3N2O3S/c1-15-4-2-3(5(8)9)7(12-6(4)10)16(11,13)14/h2,5H,1H3,(H2,11,13,14). The second kappa shape index (κ2) is 4.26. The molecule has 0 spiro atoms. The highest BCUT2D eigenvalue weighted by Gasteiger charge is 2.25. The Bertz CT molecular complexity index is 504. The molecule has 0 bridgehead atoms. The third kappa shape index (κ3) is 2.42. The Balaban J connectivity index is 3.55. The van der Waals surface area contributed by atoms with E-state index >= 15 is 0 Å². The third-order valence-electron chi connectivity index (χ3n) is 1.66. The molecule has 0 fully saturated rings. The molecule has 90 valence electrons. The van der Waals surface area contributed by atoms with Crippen molar-refractivity contribution in [1.29, 1.82) is 0 Å². The summed E-state index contributed by atoms with van der Waals surface area (Å²) in [5.41, 5.74) is -0.999. The number of pyridine rings is 1. The number of aromatic nitrogens is 1. The highest BCUT2D eigenvalue weighted by atomic mass is 32.2. The van der Waals surface area contributed by atoms with E-state index in [0.717, 1.165) is 7.11 Å². The van der Waals surface area contributed by atoms with E-state index in [1.807, 2.05) is 0 Å². The Kier molecular flexibility index (Phi) is 3.38. The summed E-state index contributed by atoms with van der Waals surface area (Å²) in [7, 11) is -3.48. The maximum absolute atomic E-state index is 13.0. The first-order chi connectivity index (χ1) is 7.27. The van der Waals surface area contributed by atoms with Crippen LogP contribution in [0.1, 0.15) is 12.0 Å². The summed E-state index contributed by atoms with van der Waals surface area (Å²) in [4.78, 5) is 2.85. The summed E-state index contributed by atoms with van der Waals surface area (Å²) in [5, 5.41) is 3.43. The van der Waals surface area contributed by atoms with Crippen molar-refractivity contribution in [2.45, 2.75) is 11.5 Å². The van der Waals surface area contributed by atoms with Crippen LogP contribution < -0.4 is 9.88 Å². The molecule has 0 amide bonds.